The largest absolute Gasteiger partial charge is 0.339 e. The lowest BCUT2D eigenvalue weighted by Crippen LogP contribution is -2.53. The number of nitrogens with zero attached hydrogens (tertiary/aromatic N) is 4. The highest BCUT2D eigenvalue weighted by molar-refractivity contribution is 6.30. The molecule has 5 rings (SSSR count). The number of rotatable bonds is 4. The molecule has 1 saturated heterocycles. The standard InChI is InChI=1S/C24H27ClN4O/c25-20-8-6-19(7-9-20)24(10-2-3-11-24)23(30)28-15-13-27(14-16-28)18-21-17-22-5-1-4-12-29(22)26-21/h1,4-9,12,17H,2-3,10-11,13-16,18H2. The van der Waals surface area contributed by atoms with Gasteiger partial charge < -0.3 is 4.90 Å². The summed E-state index contributed by atoms with van der Waals surface area (Å²) < 4.78 is 1.92. The van der Waals surface area contributed by atoms with Gasteiger partial charge in [0.2, 0.25) is 5.91 Å². The quantitative estimate of drug-likeness (QED) is 0.634. The molecule has 2 fully saturated rings. The third kappa shape index (κ3) is 3.61. The Kier molecular flexibility index (Phi) is 5.25. The van der Waals surface area contributed by atoms with Gasteiger partial charge in [0.25, 0.3) is 0 Å². The Bertz CT molecular complexity index is 998. The van der Waals surface area contributed by atoms with Crippen molar-refractivity contribution in [2.45, 2.75) is 37.6 Å². The number of benzene rings is 1. The molecule has 1 amide bonds. The fraction of sp³-hybridized carbons (Fsp3) is 0.417. The van der Waals surface area contributed by atoms with Crippen LogP contribution in [0.1, 0.15) is 36.9 Å². The van der Waals surface area contributed by atoms with Crippen LogP contribution in [0.5, 0.6) is 0 Å². The molecule has 2 aromatic heterocycles. The molecule has 1 saturated carbocycles. The smallest absolute Gasteiger partial charge is 0.233 e. The zero-order chi connectivity index (χ0) is 20.6. The van der Waals surface area contributed by atoms with E-state index in [1.807, 2.05) is 47.1 Å². The monoisotopic (exact) mass is 422 g/mol. The number of aromatic nitrogens is 2. The Morgan fingerprint density at radius 2 is 1.73 bits per heavy atom. The number of hydrogen-bond acceptors (Lipinski definition) is 3. The van der Waals surface area contributed by atoms with Crippen LogP contribution < -0.4 is 0 Å². The van der Waals surface area contributed by atoms with Crippen molar-refractivity contribution < 1.29 is 4.79 Å². The molecule has 3 aromatic rings. The van der Waals surface area contributed by atoms with Crippen LogP contribution in [0.25, 0.3) is 5.52 Å². The maximum Gasteiger partial charge on any atom is 0.233 e. The summed E-state index contributed by atoms with van der Waals surface area (Å²) in [6.07, 6.45) is 6.08. The summed E-state index contributed by atoms with van der Waals surface area (Å²) in [5, 5.41) is 5.39. The number of fused-ring (bicyclic) bond motifs is 1. The van der Waals surface area contributed by atoms with Crippen LogP contribution >= 0.6 is 11.6 Å². The van der Waals surface area contributed by atoms with Gasteiger partial charge in [-0.15, -0.1) is 0 Å². The molecule has 0 spiro atoms. The van der Waals surface area contributed by atoms with Gasteiger partial charge in [0.15, 0.2) is 0 Å². The summed E-state index contributed by atoms with van der Waals surface area (Å²) in [5.41, 5.74) is 2.96. The van der Waals surface area contributed by atoms with Crippen molar-refractivity contribution in [2.75, 3.05) is 26.2 Å². The number of hydrogen-bond donors (Lipinski definition) is 0. The van der Waals surface area contributed by atoms with E-state index in [4.69, 9.17) is 11.6 Å². The molecule has 0 unspecified atom stereocenters. The predicted octanol–water partition coefficient (Wildman–Crippen LogP) is 4.14. The molecule has 0 N–H and O–H groups in total. The van der Waals surface area contributed by atoms with Crippen LogP contribution in [0.15, 0.2) is 54.7 Å². The maximum absolute atomic E-state index is 13.6. The summed E-state index contributed by atoms with van der Waals surface area (Å²) in [6.45, 7) is 4.15. The first-order valence-electron chi connectivity index (χ1n) is 10.9. The van der Waals surface area contributed by atoms with E-state index in [9.17, 15) is 4.79 Å². The molecule has 3 heterocycles. The molecule has 0 atom stereocenters. The molecule has 0 bridgehead atoms. The minimum atomic E-state index is -0.367. The first kappa shape index (κ1) is 19.6. The second kappa shape index (κ2) is 8.05. The van der Waals surface area contributed by atoms with Gasteiger partial charge in [-0.05, 0) is 48.7 Å². The Morgan fingerprint density at radius 1 is 1.00 bits per heavy atom. The number of carbonyl (C=O) groups is 1. The average molecular weight is 423 g/mol. The predicted molar refractivity (Wildman–Crippen MR) is 119 cm³/mol. The number of carbonyl (C=O) groups excluding carboxylic acids is 1. The Morgan fingerprint density at radius 3 is 2.43 bits per heavy atom. The van der Waals surface area contributed by atoms with E-state index >= 15 is 0 Å². The van der Waals surface area contributed by atoms with Crippen LogP contribution in [0.4, 0.5) is 0 Å². The van der Waals surface area contributed by atoms with Crippen molar-refractivity contribution in [2.24, 2.45) is 0 Å². The highest BCUT2D eigenvalue weighted by Gasteiger charge is 2.45. The summed E-state index contributed by atoms with van der Waals surface area (Å²) in [4.78, 5) is 18.1. The van der Waals surface area contributed by atoms with Crippen molar-refractivity contribution in [3.63, 3.8) is 0 Å². The Labute approximate surface area is 182 Å². The van der Waals surface area contributed by atoms with E-state index in [2.05, 4.69) is 27.0 Å². The summed E-state index contributed by atoms with van der Waals surface area (Å²) in [7, 11) is 0. The third-order valence-corrected chi connectivity index (χ3v) is 6.98. The van der Waals surface area contributed by atoms with Gasteiger partial charge in [0.1, 0.15) is 0 Å². The Hall–Kier alpha value is -2.37. The topological polar surface area (TPSA) is 40.9 Å². The van der Waals surface area contributed by atoms with Crippen molar-refractivity contribution >= 4 is 23.0 Å². The van der Waals surface area contributed by atoms with Gasteiger partial charge in [-0.25, -0.2) is 4.52 Å². The molecule has 1 aromatic carbocycles. The van der Waals surface area contributed by atoms with Gasteiger partial charge >= 0.3 is 0 Å². The van der Waals surface area contributed by atoms with E-state index in [0.29, 0.717) is 5.91 Å². The van der Waals surface area contributed by atoms with Crippen molar-refractivity contribution in [3.05, 3.63) is 71.0 Å². The zero-order valence-electron chi connectivity index (χ0n) is 17.1. The van der Waals surface area contributed by atoms with Gasteiger partial charge in [0, 0.05) is 43.9 Å². The molecule has 5 nitrogen and oxygen atoms in total. The summed E-state index contributed by atoms with van der Waals surface area (Å²) >= 11 is 6.09. The van der Waals surface area contributed by atoms with Crippen LogP contribution in [0.2, 0.25) is 5.02 Å². The third-order valence-electron chi connectivity index (χ3n) is 6.73. The van der Waals surface area contributed by atoms with Crippen LogP contribution in [-0.4, -0.2) is 51.5 Å². The number of pyridine rings is 1. The van der Waals surface area contributed by atoms with E-state index in [1.54, 1.807) is 0 Å². The molecule has 1 aliphatic carbocycles. The lowest BCUT2D eigenvalue weighted by atomic mass is 9.77. The SMILES string of the molecule is O=C(N1CCN(Cc2cc3ccccn3n2)CC1)C1(c2ccc(Cl)cc2)CCCC1. The fourth-order valence-electron chi connectivity index (χ4n) is 5.08. The maximum atomic E-state index is 13.6. The average Bonchev–Trinajstić information content (AvgIpc) is 3.42. The number of halogens is 1. The van der Waals surface area contributed by atoms with E-state index in [-0.39, 0.29) is 5.41 Å². The van der Waals surface area contributed by atoms with E-state index < -0.39 is 0 Å². The van der Waals surface area contributed by atoms with Crippen LogP contribution in [-0.2, 0) is 16.8 Å². The molecule has 0 radical (unpaired) electrons. The van der Waals surface area contributed by atoms with Crippen molar-refractivity contribution in [1.82, 2.24) is 19.4 Å². The lowest BCUT2D eigenvalue weighted by molar-refractivity contribution is -0.139. The molecule has 1 aliphatic heterocycles. The minimum absolute atomic E-state index is 0.301. The molecular formula is C24H27ClN4O. The van der Waals surface area contributed by atoms with E-state index in [1.165, 1.54) is 0 Å². The van der Waals surface area contributed by atoms with Gasteiger partial charge in [-0.1, -0.05) is 42.6 Å². The molecule has 30 heavy (non-hydrogen) atoms. The first-order chi connectivity index (χ1) is 14.6. The highest BCUT2D eigenvalue weighted by Crippen LogP contribution is 2.43. The van der Waals surface area contributed by atoms with Crippen molar-refractivity contribution in [1.29, 1.82) is 0 Å². The number of amides is 1. The highest BCUT2D eigenvalue weighted by atomic mass is 35.5. The summed E-state index contributed by atoms with van der Waals surface area (Å²) in [6, 6.07) is 16.2. The molecule has 2 aliphatic rings. The lowest BCUT2D eigenvalue weighted by Gasteiger charge is -2.40. The fourth-order valence-corrected chi connectivity index (χ4v) is 5.21. The first-order valence-corrected chi connectivity index (χ1v) is 11.2. The Balaban J connectivity index is 1.26. The molecule has 156 valence electrons. The van der Waals surface area contributed by atoms with Gasteiger partial charge in [-0.3, -0.25) is 9.69 Å². The molecular weight excluding hydrogens is 396 g/mol. The zero-order valence-corrected chi connectivity index (χ0v) is 17.9. The molecule has 6 heteroatoms. The van der Waals surface area contributed by atoms with Crippen molar-refractivity contribution in [3.8, 4) is 0 Å². The minimum Gasteiger partial charge on any atom is -0.339 e. The normalized spacial score (nSPS) is 19.4. The number of piperazine rings is 1. The van der Waals surface area contributed by atoms with Crippen LogP contribution in [0, 0.1) is 0 Å². The van der Waals surface area contributed by atoms with E-state index in [0.717, 1.165) is 80.2 Å². The second-order valence-corrected chi connectivity index (χ2v) is 9.01. The van der Waals surface area contributed by atoms with Gasteiger partial charge in [0.05, 0.1) is 16.6 Å². The second-order valence-electron chi connectivity index (χ2n) is 8.57. The van der Waals surface area contributed by atoms with Crippen LogP contribution in [0.3, 0.4) is 0 Å². The summed E-state index contributed by atoms with van der Waals surface area (Å²) in [5.74, 6) is 0.301. The van der Waals surface area contributed by atoms with Gasteiger partial charge in [-0.2, -0.15) is 5.10 Å².